The van der Waals surface area contributed by atoms with Gasteiger partial charge in [0.15, 0.2) is 0 Å². The molecular weight excluding hydrogens is 372 g/mol. The van der Waals surface area contributed by atoms with Gasteiger partial charge in [0.2, 0.25) is 0 Å². The molecule has 0 bridgehead atoms. The first-order chi connectivity index (χ1) is 14.8. The third-order valence-electron chi connectivity index (χ3n) is 5.53. The number of fused-ring (bicyclic) bond motifs is 3. The van der Waals surface area contributed by atoms with Crippen LogP contribution in [0.25, 0.3) is 10.8 Å². The van der Waals surface area contributed by atoms with Crippen molar-refractivity contribution in [3.8, 4) is 11.5 Å². The van der Waals surface area contributed by atoms with E-state index in [0.717, 1.165) is 34.1 Å². The number of methoxy groups -OCH3 is 2. The van der Waals surface area contributed by atoms with Crippen LogP contribution in [0.1, 0.15) is 22.7 Å². The third-order valence-corrected chi connectivity index (χ3v) is 5.53. The van der Waals surface area contributed by atoms with Gasteiger partial charge in [-0.3, -0.25) is 4.99 Å². The lowest BCUT2D eigenvalue weighted by Crippen LogP contribution is -2.22. The highest BCUT2D eigenvalue weighted by Crippen LogP contribution is 2.41. The smallest absolute Gasteiger partial charge is 0.133 e. The molecule has 0 unspecified atom stereocenters. The summed E-state index contributed by atoms with van der Waals surface area (Å²) >= 11 is 0. The molecule has 1 heterocycles. The van der Waals surface area contributed by atoms with Gasteiger partial charge >= 0.3 is 0 Å². The van der Waals surface area contributed by atoms with Crippen LogP contribution in [-0.2, 0) is 0 Å². The Morgan fingerprint density at radius 3 is 2.37 bits per heavy atom. The van der Waals surface area contributed by atoms with Crippen molar-refractivity contribution in [1.29, 1.82) is 0 Å². The minimum Gasteiger partial charge on any atom is -0.497 e. The monoisotopic (exact) mass is 394 g/mol. The second kappa shape index (κ2) is 7.56. The van der Waals surface area contributed by atoms with Crippen molar-refractivity contribution >= 4 is 22.3 Å². The van der Waals surface area contributed by atoms with Gasteiger partial charge < -0.3 is 14.8 Å². The molecule has 30 heavy (non-hydrogen) atoms. The van der Waals surface area contributed by atoms with Crippen LogP contribution in [-0.4, -0.2) is 20.1 Å². The number of nitrogens with one attached hydrogen (secondary N) is 1. The molecule has 1 aliphatic heterocycles. The number of ether oxygens (including phenoxy) is 2. The highest BCUT2D eigenvalue weighted by molar-refractivity contribution is 6.12. The molecule has 0 radical (unpaired) electrons. The fraction of sp³-hybridized carbons (Fsp3) is 0.115. The summed E-state index contributed by atoms with van der Waals surface area (Å²) in [5.41, 5.74) is 4.37. The predicted molar refractivity (Wildman–Crippen MR) is 122 cm³/mol. The zero-order chi connectivity index (χ0) is 20.5. The van der Waals surface area contributed by atoms with Gasteiger partial charge in [0.25, 0.3) is 0 Å². The normalized spacial score (nSPS) is 15.1. The van der Waals surface area contributed by atoms with E-state index in [9.17, 15) is 0 Å². The molecule has 1 N–H and O–H groups in total. The number of benzene rings is 4. The van der Waals surface area contributed by atoms with Crippen molar-refractivity contribution < 1.29 is 9.47 Å². The summed E-state index contributed by atoms with van der Waals surface area (Å²) < 4.78 is 10.8. The Balaban J connectivity index is 1.70. The maximum atomic E-state index is 5.41. The number of aliphatic imine (C=N–C) groups is 1. The molecule has 5 rings (SSSR count). The Hall–Kier alpha value is -3.79. The zero-order valence-electron chi connectivity index (χ0n) is 16.9. The zero-order valence-corrected chi connectivity index (χ0v) is 16.9. The maximum Gasteiger partial charge on any atom is 0.133 e. The largest absolute Gasteiger partial charge is 0.497 e. The van der Waals surface area contributed by atoms with Gasteiger partial charge in [-0.25, -0.2) is 0 Å². The van der Waals surface area contributed by atoms with E-state index in [1.807, 2.05) is 36.4 Å². The molecule has 4 heteroatoms. The van der Waals surface area contributed by atoms with Gasteiger partial charge in [-0.05, 0) is 46.7 Å². The molecule has 4 aromatic rings. The average molecular weight is 394 g/mol. The second-order valence-corrected chi connectivity index (χ2v) is 7.26. The number of hydrogen-bond donors (Lipinski definition) is 1. The van der Waals surface area contributed by atoms with E-state index in [4.69, 9.17) is 14.5 Å². The van der Waals surface area contributed by atoms with Crippen molar-refractivity contribution in [3.63, 3.8) is 0 Å². The van der Waals surface area contributed by atoms with Gasteiger partial charge in [-0.1, -0.05) is 54.6 Å². The van der Waals surface area contributed by atoms with Crippen molar-refractivity contribution in [2.24, 2.45) is 4.99 Å². The molecule has 1 atom stereocenters. The molecule has 0 fully saturated rings. The topological polar surface area (TPSA) is 42.9 Å². The van der Waals surface area contributed by atoms with Crippen LogP contribution < -0.4 is 14.8 Å². The van der Waals surface area contributed by atoms with Gasteiger partial charge in [0, 0.05) is 16.8 Å². The lowest BCUT2D eigenvalue weighted by molar-refractivity contribution is 0.414. The Labute approximate surface area is 175 Å². The Morgan fingerprint density at radius 1 is 0.767 bits per heavy atom. The van der Waals surface area contributed by atoms with Gasteiger partial charge in [-0.2, -0.15) is 0 Å². The van der Waals surface area contributed by atoms with Crippen LogP contribution in [0.2, 0.25) is 0 Å². The molecule has 0 saturated heterocycles. The van der Waals surface area contributed by atoms with E-state index in [0.29, 0.717) is 0 Å². The van der Waals surface area contributed by atoms with Crippen LogP contribution in [0.15, 0.2) is 89.9 Å². The standard InChI is InChI=1S/C26H22N2O2/c1-29-20-13-10-18(11-14-20)25-24-22-9-4-3-6-17(22)12-15-23(24)27-26(28-25)19-7-5-8-21(16-19)30-2/h3-16,25H,1-2H3,(H,27,28)/t25-/m0/s1. The summed E-state index contributed by atoms with van der Waals surface area (Å²) in [6, 6.07) is 28.8. The van der Waals surface area contributed by atoms with Crippen molar-refractivity contribution in [1.82, 2.24) is 0 Å². The van der Waals surface area contributed by atoms with Crippen LogP contribution >= 0.6 is 0 Å². The van der Waals surface area contributed by atoms with Crippen LogP contribution in [0.4, 0.5) is 5.69 Å². The SMILES string of the molecule is COc1ccc([C@@H]2N=C(c3cccc(OC)c3)Nc3ccc4ccccc4c32)cc1. The lowest BCUT2D eigenvalue weighted by Gasteiger charge is -2.27. The average Bonchev–Trinajstić information content (AvgIpc) is 2.83. The van der Waals surface area contributed by atoms with Crippen molar-refractivity contribution in [2.45, 2.75) is 6.04 Å². The number of anilines is 1. The lowest BCUT2D eigenvalue weighted by atomic mass is 9.90. The van der Waals surface area contributed by atoms with E-state index >= 15 is 0 Å². The molecule has 0 saturated carbocycles. The summed E-state index contributed by atoms with van der Waals surface area (Å²) in [6.07, 6.45) is 0. The Kier molecular flexibility index (Phi) is 4.60. The second-order valence-electron chi connectivity index (χ2n) is 7.26. The Morgan fingerprint density at radius 2 is 1.57 bits per heavy atom. The minimum absolute atomic E-state index is 0.126. The van der Waals surface area contributed by atoms with Crippen LogP contribution in [0.5, 0.6) is 11.5 Å². The first-order valence-corrected chi connectivity index (χ1v) is 9.91. The van der Waals surface area contributed by atoms with E-state index in [2.05, 4.69) is 53.8 Å². The molecule has 148 valence electrons. The van der Waals surface area contributed by atoms with E-state index < -0.39 is 0 Å². The van der Waals surface area contributed by atoms with Crippen molar-refractivity contribution in [2.75, 3.05) is 19.5 Å². The highest BCUT2D eigenvalue weighted by Gasteiger charge is 2.26. The quantitative estimate of drug-likeness (QED) is 0.474. The number of amidine groups is 1. The van der Waals surface area contributed by atoms with Crippen molar-refractivity contribution in [3.05, 3.63) is 102 Å². The molecular formula is C26H22N2O2. The highest BCUT2D eigenvalue weighted by atomic mass is 16.5. The summed E-state index contributed by atoms with van der Waals surface area (Å²) in [5, 5.41) is 5.96. The molecule has 4 aromatic carbocycles. The van der Waals surface area contributed by atoms with Gasteiger partial charge in [0.1, 0.15) is 23.4 Å². The number of nitrogens with zero attached hydrogens (tertiary/aromatic N) is 1. The summed E-state index contributed by atoms with van der Waals surface area (Å²) in [5.74, 6) is 2.47. The summed E-state index contributed by atoms with van der Waals surface area (Å²) in [6.45, 7) is 0. The van der Waals surface area contributed by atoms with E-state index in [-0.39, 0.29) is 6.04 Å². The molecule has 4 nitrogen and oxygen atoms in total. The van der Waals surface area contributed by atoms with Crippen LogP contribution in [0, 0.1) is 0 Å². The van der Waals surface area contributed by atoms with Crippen LogP contribution in [0.3, 0.4) is 0 Å². The number of hydrogen-bond acceptors (Lipinski definition) is 4. The first kappa shape index (κ1) is 18.3. The number of rotatable bonds is 4. The summed E-state index contributed by atoms with van der Waals surface area (Å²) in [4.78, 5) is 5.15. The van der Waals surface area contributed by atoms with E-state index in [1.54, 1.807) is 14.2 Å². The fourth-order valence-corrected chi connectivity index (χ4v) is 4.00. The predicted octanol–water partition coefficient (Wildman–Crippen LogP) is 5.82. The van der Waals surface area contributed by atoms with E-state index in [1.165, 1.54) is 16.3 Å². The molecule has 0 aromatic heterocycles. The maximum absolute atomic E-state index is 5.41. The summed E-state index contributed by atoms with van der Waals surface area (Å²) in [7, 11) is 3.36. The molecule has 0 spiro atoms. The molecule has 0 aliphatic carbocycles. The molecule has 0 amide bonds. The van der Waals surface area contributed by atoms with Gasteiger partial charge in [0.05, 0.1) is 14.2 Å². The third kappa shape index (κ3) is 3.16. The van der Waals surface area contributed by atoms with Gasteiger partial charge in [-0.15, -0.1) is 0 Å². The minimum atomic E-state index is -0.126. The first-order valence-electron chi connectivity index (χ1n) is 9.91. The molecule has 1 aliphatic rings. The Bertz CT molecular complexity index is 1250. The fourth-order valence-electron chi connectivity index (χ4n) is 4.00.